The second kappa shape index (κ2) is 5.04. The van der Waals surface area contributed by atoms with Gasteiger partial charge in [0.1, 0.15) is 0 Å². The molecule has 0 unspecified atom stereocenters. The number of hydrogen-bond acceptors (Lipinski definition) is 1. The first-order valence-corrected chi connectivity index (χ1v) is 3.07. The minimum absolute atomic E-state index is 0. The van der Waals surface area contributed by atoms with Gasteiger partial charge in [-0.1, -0.05) is 19.3 Å². The quantitative estimate of drug-likeness (QED) is 0.503. The van der Waals surface area contributed by atoms with Gasteiger partial charge in [0.15, 0.2) is 0 Å². The number of rotatable bonds is 0. The van der Waals surface area contributed by atoms with E-state index >= 15 is 0 Å². The normalized spacial score (nSPS) is 22.1. The Labute approximate surface area is 83.4 Å². The molecule has 0 bridgehead atoms. The van der Waals surface area contributed by atoms with Crippen molar-refractivity contribution in [3.8, 4) is 0 Å². The van der Waals surface area contributed by atoms with E-state index in [9.17, 15) is 0 Å². The van der Waals surface area contributed by atoms with E-state index < -0.39 is 0 Å². The second-order valence-corrected chi connectivity index (χ2v) is 2.29. The molecule has 1 nitrogen and oxygen atoms in total. The van der Waals surface area contributed by atoms with Crippen LogP contribution in [0.15, 0.2) is 0 Å². The molecule has 0 amide bonds. The summed E-state index contributed by atoms with van der Waals surface area (Å²) >= 11 is 0. The standard InChI is InChI=1S/C6H12O.Ca.2H/c7-6-4-2-1-3-5-6;;;/h6-7H,1-5H2;;;/q;+2;2*-1. The molecule has 0 aliphatic heterocycles. The summed E-state index contributed by atoms with van der Waals surface area (Å²) in [7, 11) is 0. The zero-order valence-electron chi connectivity index (χ0n) is 7.27. The Morgan fingerprint density at radius 1 is 1.12 bits per heavy atom. The third-order valence-electron chi connectivity index (χ3n) is 1.57. The molecule has 46 valence electrons. The molecule has 0 radical (unpaired) electrons. The third-order valence-corrected chi connectivity index (χ3v) is 1.57. The summed E-state index contributed by atoms with van der Waals surface area (Å²) < 4.78 is 0. The Morgan fingerprint density at radius 3 is 1.88 bits per heavy atom. The Hall–Kier alpha value is 1.22. The minimum atomic E-state index is 0. The van der Waals surface area contributed by atoms with Gasteiger partial charge in [-0.15, -0.1) is 0 Å². The van der Waals surface area contributed by atoms with Crippen molar-refractivity contribution in [2.75, 3.05) is 0 Å². The number of hydrogen-bond donors (Lipinski definition) is 1. The molecule has 1 saturated carbocycles. The fraction of sp³-hybridized carbons (Fsp3) is 1.00. The van der Waals surface area contributed by atoms with E-state index in [0.29, 0.717) is 0 Å². The predicted molar refractivity (Wildman–Crippen MR) is 37.1 cm³/mol. The molecule has 1 fully saturated rings. The van der Waals surface area contributed by atoms with Crippen LogP contribution in [0.1, 0.15) is 35.0 Å². The first kappa shape index (κ1) is 9.22. The molecule has 0 heterocycles. The Morgan fingerprint density at radius 2 is 1.62 bits per heavy atom. The van der Waals surface area contributed by atoms with Crippen LogP contribution in [0.2, 0.25) is 0 Å². The number of aliphatic hydroxyl groups excluding tert-OH is 1. The molecule has 0 aromatic carbocycles. The van der Waals surface area contributed by atoms with Gasteiger partial charge in [-0.2, -0.15) is 0 Å². The van der Waals surface area contributed by atoms with Crippen molar-refractivity contribution in [1.29, 1.82) is 0 Å². The molecule has 1 aliphatic rings. The largest absolute Gasteiger partial charge is 2.00 e. The van der Waals surface area contributed by atoms with Crippen LogP contribution in [-0.2, 0) is 0 Å². The SMILES string of the molecule is OC1CCCCC1.[Ca+2].[H-].[H-]. The maximum absolute atomic E-state index is 8.91. The molecular weight excluding hydrogens is 128 g/mol. The third kappa shape index (κ3) is 3.29. The monoisotopic (exact) mass is 142 g/mol. The van der Waals surface area contributed by atoms with Gasteiger partial charge in [-0.25, -0.2) is 0 Å². The summed E-state index contributed by atoms with van der Waals surface area (Å²) in [5.74, 6) is 0. The van der Waals surface area contributed by atoms with E-state index in [0.717, 1.165) is 12.8 Å². The maximum atomic E-state index is 8.91. The Kier molecular flexibility index (Phi) is 5.81. The van der Waals surface area contributed by atoms with Crippen LogP contribution in [0.25, 0.3) is 0 Å². The molecule has 1 rings (SSSR count). The van der Waals surface area contributed by atoms with Gasteiger partial charge >= 0.3 is 37.7 Å². The van der Waals surface area contributed by atoms with Crippen LogP contribution in [0, 0.1) is 0 Å². The summed E-state index contributed by atoms with van der Waals surface area (Å²) in [5.41, 5.74) is 0. The van der Waals surface area contributed by atoms with Crippen molar-refractivity contribution in [2.24, 2.45) is 0 Å². The molecule has 0 saturated heterocycles. The van der Waals surface area contributed by atoms with Gasteiger partial charge in [-0.05, 0) is 12.8 Å². The molecule has 8 heavy (non-hydrogen) atoms. The first-order valence-electron chi connectivity index (χ1n) is 3.07. The molecule has 0 aromatic rings. The average molecular weight is 142 g/mol. The molecule has 1 aliphatic carbocycles. The molecule has 1 N–H and O–H groups in total. The Balaban J connectivity index is -0.000000163. The first-order chi connectivity index (χ1) is 3.39. The fourth-order valence-electron chi connectivity index (χ4n) is 1.08. The van der Waals surface area contributed by atoms with Gasteiger partial charge in [0.2, 0.25) is 0 Å². The minimum Gasteiger partial charge on any atom is -1.00 e. The molecule has 2 heteroatoms. The summed E-state index contributed by atoms with van der Waals surface area (Å²) in [6, 6.07) is 0. The van der Waals surface area contributed by atoms with Crippen molar-refractivity contribution in [1.82, 2.24) is 0 Å². The fourth-order valence-corrected chi connectivity index (χ4v) is 1.08. The molecular formula is C6H14CaO. The van der Waals surface area contributed by atoms with Crippen molar-refractivity contribution in [3.63, 3.8) is 0 Å². The zero-order valence-corrected chi connectivity index (χ0v) is 7.48. The second-order valence-electron chi connectivity index (χ2n) is 2.29. The van der Waals surface area contributed by atoms with Gasteiger partial charge in [0.25, 0.3) is 0 Å². The molecule has 0 atom stereocenters. The van der Waals surface area contributed by atoms with Gasteiger partial charge in [0, 0.05) is 0 Å². The van der Waals surface area contributed by atoms with E-state index in [2.05, 4.69) is 0 Å². The predicted octanol–water partition coefficient (Wildman–Crippen LogP) is 1.16. The van der Waals surface area contributed by atoms with Crippen LogP contribution < -0.4 is 0 Å². The molecule has 0 aromatic heterocycles. The van der Waals surface area contributed by atoms with Gasteiger partial charge < -0.3 is 7.96 Å². The smallest absolute Gasteiger partial charge is 1.00 e. The maximum Gasteiger partial charge on any atom is 2.00 e. The average Bonchev–Trinajstić information content (AvgIpc) is 1.69. The van der Waals surface area contributed by atoms with E-state index in [1.165, 1.54) is 19.3 Å². The van der Waals surface area contributed by atoms with Crippen molar-refractivity contribution >= 4 is 37.7 Å². The topological polar surface area (TPSA) is 20.2 Å². The van der Waals surface area contributed by atoms with Gasteiger partial charge in [0.05, 0.1) is 6.10 Å². The van der Waals surface area contributed by atoms with E-state index in [1.807, 2.05) is 0 Å². The summed E-state index contributed by atoms with van der Waals surface area (Å²) in [6.45, 7) is 0. The van der Waals surface area contributed by atoms with Crippen molar-refractivity contribution in [2.45, 2.75) is 38.2 Å². The van der Waals surface area contributed by atoms with E-state index in [-0.39, 0.29) is 46.7 Å². The molecule has 0 spiro atoms. The number of aliphatic hydroxyl groups is 1. The Bertz CT molecular complexity index is 57.7. The van der Waals surface area contributed by atoms with E-state index in [1.54, 1.807) is 0 Å². The summed E-state index contributed by atoms with van der Waals surface area (Å²) in [6.07, 6.45) is 5.92. The zero-order chi connectivity index (χ0) is 5.11. The summed E-state index contributed by atoms with van der Waals surface area (Å²) in [5, 5.41) is 8.91. The van der Waals surface area contributed by atoms with E-state index in [4.69, 9.17) is 5.11 Å². The van der Waals surface area contributed by atoms with Crippen LogP contribution in [0.4, 0.5) is 0 Å². The van der Waals surface area contributed by atoms with Gasteiger partial charge in [-0.3, -0.25) is 0 Å². The van der Waals surface area contributed by atoms with Crippen LogP contribution in [0.5, 0.6) is 0 Å². The van der Waals surface area contributed by atoms with Crippen molar-refractivity contribution < 1.29 is 7.96 Å². The van der Waals surface area contributed by atoms with Crippen LogP contribution in [0.3, 0.4) is 0 Å². The van der Waals surface area contributed by atoms with Crippen LogP contribution in [-0.4, -0.2) is 48.9 Å². The summed E-state index contributed by atoms with van der Waals surface area (Å²) in [4.78, 5) is 0. The van der Waals surface area contributed by atoms with Crippen LogP contribution >= 0.6 is 0 Å². The van der Waals surface area contributed by atoms with Crippen molar-refractivity contribution in [3.05, 3.63) is 0 Å².